The van der Waals surface area contributed by atoms with Gasteiger partial charge in [-0.2, -0.15) is 0 Å². The fraction of sp³-hybridized carbons (Fsp3) is 0.600. The van der Waals surface area contributed by atoms with Crippen molar-refractivity contribution in [3.63, 3.8) is 0 Å². The van der Waals surface area contributed by atoms with Crippen molar-refractivity contribution in [2.75, 3.05) is 0 Å². The Morgan fingerprint density at radius 3 is 1.82 bits per heavy atom. The summed E-state index contributed by atoms with van der Waals surface area (Å²) >= 11 is 0. The zero-order chi connectivity index (χ0) is 23.2. The van der Waals surface area contributed by atoms with Gasteiger partial charge < -0.3 is 10.4 Å². The van der Waals surface area contributed by atoms with Gasteiger partial charge in [0.05, 0.1) is 35.2 Å². The molecular weight excluding hydrogens is 418 g/mol. The first-order valence-electron chi connectivity index (χ1n) is 12.2. The maximum atomic E-state index is 12.3. The highest BCUT2D eigenvalue weighted by molar-refractivity contribution is 5.92. The average Bonchev–Trinajstić information content (AvgIpc) is 2.85. The van der Waals surface area contributed by atoms with E-state index >= 15 is 0 Å². The molecule has 0 spiro atoms. The van der Waals surface area contributed by atoms with Gasteiger partial charge in [-0.3, -0.25) is 14.8 Å². The molecule has 0 aliphatic heterocycles. The van der Waals surface area contributed by atoms with Gasteiger partial charge in [0.25, 0.3) is 5.91 Å². The molecule has 0 radical (unpaired) electrons. The van der Waals surface area contributed by atoms with Crippen molar-refractivity contribution >= 4 is 11.9 Å². The SMILES string of the molecule is CC1CCC(NC(=O)c2cnc3c(n2)CCCC3)CC1.O=C(O)c1cnc2c(n1)CCCC2. The third-order valence-corrected chi connectivity index (χ3v) is 6.82. The van der Waals surface area contributed by atoms with Crippen molar-refractivity contribution in [3.05, 3.63) is 46.6 Å². The molecule has 0 unspecified atom stereocenters. The van der Waals surface area contributed by atoms with Gasteiger partial charge in [-0.05, 0) is 83.0 Å². The highest BCUT2D eigenvalue weighted by Crippen LogP contribution is 2.24. The number of nitrogens with one attached hydrogen (secondary N) is 1. The lowest BCUT2D eigenvalue weighted by molar-refractivity contribution is 0.0689. The van der Waals surface area contributed by atoms with Crippen LogP contribution in [-0.4, -0.2) is 43.0 Å². The Morgan fingerprint density at radius 1 is 0.788 bits per heavy atom. The van der Waals surface area contributed by atoms with E-state index in [1.807, 2.05) is 0 Å². The zero-order valence-electron chi connectivity index (χ0n) is 19.3. The number of aromatic nitrogens is 4. The first-order valence-corrected chi connectivity index (χ1v) is 12.2. The number of amides is 1. The molecule has 2 aromatic rings. The van der Waals surface area contributed by atoms with Gasteiger partial charge in [0.15, 0.2) is 5.69 Å². The van der Waals surface area contributed by atoms with Crippen molar-refractivity contribution in [1.29, 1.82) is 0 Å². The Morgan fingerprint density at radius 2 is 1.27 bits per heavy atom. The number of carbonyl (C=O) groups is 2. The molecule has 2 aromatic heterocycles. The van der Waals surface area contributed by atoms with E-state index < -0.39 is 5.97 Å². The van der Waals surface area contributed by atoms with Crippen LogP contribution in [0, 0.1) is 5.92 Å². The van der Waals surface area contributed by atoms with E-state index in [-0.39, 0.29) is 11.6 Å². The lowest BCUT2D eigenvalue weighted by atomic mass is 9.87. The van der Waals surface area contributed by atoms with Crippen LogP contribution in [0.4, 0.5) is 0 Å². The smallest absolute Gasteiger partial charge is 0.356 e. The molecule has 33 heavy (non-hydrogen) atoms. The summed E-state index contributed by atoms with van der Waals surface area (Å²) in [6.07, 6.45) is 15.9. The number of fused-ring (bicyclic) bond motifs is 2. The van der Waals surface area contributed by atoms with Crippen LogP contribution in [-0.2, 0) is 25.7 Å². The molecule has 0 saturated heterocycles. The maximum absolute atomic E-state index is 12.3. The number of rotatable bonds is 3. The number of aryl methyl sites for hydroxylation is 4. The molecule has 5 rings (SSSR count). The highest BCUT2D eigenvalue weighted by Gasteiger charge is 2.22. The Bertz CT molecular complexity index is 1000. The largest absolute Gasteiger partial charge is 0.476 e. The zero-order valence-corrected chi connectivity index (χ0v) is 19.3. The summed E-state index contributed by atoms with van der Waals surface area (Å²) in [7, 11) is 0. The summed E-state index contributed by atoms with van der Waals surface area (Å²) < 4.78 is 0. The molecular formula is C25H33N5O3. The van der Waals surface area contributed by atoms with Gasteiger partial charge in [0.1, 0.15) is 5.69 Å². The fourth-order valence-electron chi connectivity index (χ4n) is 4.77. The minimum Gasteiger partial charge on any atom is -0.476 e. The van der Waals surface area contributed by atoms with Crippen LogP contribution in [0.3, 0.4) is 0 Å². The molecule has 1 saturated carbocycles. The van der Waals surface area contributed by atoms with Crippen molar-refractivity contribution in [2.45, 2.75) is 90.0 Å². The lowest BCUT2D eigenvalue weighted by Crippen LogP contribution is -2.38. The van der Waals surface area contributed by atoms with Gasteiger partial charge in [0.2, 0.25) is 0 Å². The molecule has 0 aromatic carbocycles. The molecule has 2 heterocycles. The predicted molar refractivity (Wildman–Crippen MR) is 123 cm³/mol. The number of carboxylic acid groups (broad SMARTS) is 1. The van der Waals surface area contributed by atoms with Crippen molar-refractivity contribution in [2.24, 2.45) is 5.92 Å². The van der Waals surface area contributed by atoms with Gasteiger partial charge >= 0.3 is 5.97 Å². The summed E-state index contributed by atoms with van der Waals surface area (Å²) in [5.74, 6) is -0.252. The maximum Gasteiger partial charge on any atom is 0.356 e. The van der Waals surface area contributed by atoms with Crippen LogP contribution in [0.2, 0.25) is 0 Å². The monoisotopic (exact) mass is 451 g/mol. The molecule has 3 aliphatic rings. The molecule has 8 nitrogen and oxygen atoms in total. The molecule has 0 bridgehead atoms. The first kappa shape index (κ1) is 23.3. The second-order valence-corrected chi connectivity index (χ2v) is 9.45. The minimum absolute atomic E-state index is 0.0505. The van der Waals surface area contributed by atoms with E-state index in [1.54, 1.807) is 6.20 Å². The summed E-state index contributed by atoms with van der Waals surface area (Å²) in [5.41, 5.74) is 4.49. The summed E-state index contributed by atoms with van der Waals surface area (Å²) in [6.45, 7) is 2.28. The summed E-state index contributed by atoms with van der Waals surface area (Å²) in [6, 6.07) is 0.316. The number of hydrogen-bond acceptors (Lipinski definition) is 6. The Balaban J connectivity index is 0.000000172. The van der Waals surface area contributed by atoms with Crippen molar-refractivity contribution in [1.82, 2.24) is 25.3 Å². The van der Waals surface area contributed by atoms with Crippen LogP contribution in [0.1, 0.15) is 102 Å². The number of carboxylic acids is 1. The number of carbonyl (C=O) groups excluding carboxylic acids is 1. The quantitative estimate of drug-likeness (QED) is 0.730. The first-order chi connectivity index (χ1) is 16.0. The van der Waals surface area contributed by atoms with E-state index in [0.717, 1.165) is 86.5 Å². The number of hydrogen-bond donors (Lipinski definition) is 2. The van der Waals surface area contributed by atoms with Crippen molar-refractivity contribution < 1.29 is 14.7 Å². The average molecular weight is 452 g/mol. The number of aromatic carboxylic acids is 1. The molecule has 176 valence electrons. The second-order valence-electron chi connectivity index (χ2n) is 9.45. The summed E-state index contributed by atoms with van der Waals surface area (Å²) in [4.78, 5) is 39.9. The van der Waals surface area contributed by atoms with Crippen LogP contribution >= 0.6 is 0 Å². The third-order valence-electron chi connectivity index (χ3n) is 6.82. The van der Waals surface area contributed by atoms with Crippen LogP contribution in [0.5, 0.6) is 0 Å². The topological polar surface area (TPSA) is 118 Å². The minimum atomic E-state index is -0.999. The standard InChI is InChI=1S/C16H23N3O.C9H10N2O2/c1-11-6-8-12(9-7-11)18-16(20)15-10-17-13-4-2-3-5-14(13)19-15;12-9(13)8-5-10-6-3-1-2-4-7(6)11-8/h10-12H,2-9H2,1H3,(H,18,20);5H,1-4H2,(H,12,13). The van der Waals surface area contributed by atoms with Gasteiger partial charge in [-0.1, -0.05) is 6.92 Å². The van der Waals surface area contributed by atoms with E-state index in [9.17, 15) is 9.59 Å². The second kappa shape index (κ2) is 10.8. The summed E-state index contributed by atoms with van der Waals surface area (Å²) in [5, 5.41) is 11.8. The van der Waals surface area contributed by atoms with Crippen LogP contribution < -0.4 is 5.32 Å². The Hall–Kier alpha value is -2.90. The predicted octanol–water partition coefficient (Wildman–Crippen LogP) is 3.72. The van der Waals surface area contributed by atoms with E-state index in [2.05, 4.69) is 32.2 Å². The van der Waals surface area contributed by atoms with Gasteiger partial charge in [-0.15, -0.1) is 0 Å². The Kier molecular flexibility index (Phi) is 7.62. The van der Waals surface area contributed by atoms with E-state index in [0.29, 0.717) is 11.7 Å². The van der Waals surface area contributed by atoms with Gasteiger partial charge in [-0.25, -0.2) is 14.8 Å². The Labute approximate surface area is 194 Å². The van der Waals surface area contributed by atoms with Crippen molar-refractivity contribution in [3.8, 4) is 0 Å². The van der Waals surface area contributed by atoms with Crippen LogP contribution in [0.25, 0.3) is 0 Å². The molecule has 1 fully saturated rings. The highest BCUT2D eigenvalue weighted by atomic mass is 16.4. The van der Waals surface area contributed by atoms with Crippen LogP contribution in [0.15, 0.2) is 12.4 Å². The molecule has 1 amide bonds. The third kappa shape index (κ3) is 6.12. The number of nitrogens with zero attached hydrogens (tertiary/aromatic N) is 4. The molecule has 2 N–H and O–H groups in total. The molecule has 0 atom stereocenters. The normalized spacial score (nSPS) is 21.6. The molecule has 3 aliphatic carbocycles. The molecule has 8 heteroatoms. The lowest BCUT2D eigenvalue weighted by Gasteiger charge is -2.26. The fourth-order valence-corrected chi connectivity index (χ4v) is 4.77. The van der Waals surface area contributed by atoms with E-state index in [4.69, 9.17) is 5.11 Å². The van der Waals surface area contributed by atoms with Gasteiger partial charge in [0, 0.05) is 6.04 Å². The van der Waals surface area contributed by atoms with E-state index in [1.165, 1.54) is 25.5 Å².